The van der Waals surface area contributed by atoms with E-state index in [-0.39, 0.29) is 0 Å². The number of benzene rings is 1. The van der Waals surface area contributed by atoms with Crippen LogP contribution in [0.4, 0.5) is 5.69 Å². The summed E-state index contributed by atoms with van der Waals surface area (Å²) in [6.07, 6.45) is 1.84. The lowest BCUT2D eigenvalue weighted by Crippen LogP contribution is -2.22. The van der Waals surface area contributed by atoms with Gasteiger partial charge in [0.05, 0.1) is 22.6 Å². The highest BCUT2D eigenvalue weighted by Crippen LogP contribution is 2.21. The Balaban J connectivity index is 2.06. The van der Waals surface area contributed by atoms with Crippen molar-refractivity contribution in [3.8, 4) is 0 Å². The maximum Gasteiger partial charge on any atom is 0.139 e. The van der Waals surface area contributed by atoms with Crippen LogP contribution < -0.4 is 0 Å². The summed E-state index contributed by atoms with van der Waals surface area (Å²) in [5, 5.41) is 7.80. The van der Waals surface area contributed by atoms with E-state index >= 15 is 0 Å². The molecule has 2 rings (SSSR count). The lowest BCUT2D eigenvalue weighted by Gasteiger charge is -2.15. The largest absolute Gasteiger partial charge is 0.360 e. The Hall–Kier alpha value is -1.33. The normalized spacial score (nSPS) is 11.6. The molecule has 0 spiro atoms. The topological polar surface area (TPSA) is 39.4 Å². The molecule has 2 aromatic rings. The molecular weight excluding hydrogens is 286 g/mol. The minimum atomic E-state index is -1.04. The van der Waals surface area contributed by atoms with Crippen molar-refractivity contribution in [2.24, 2.45) is 4.99 Å². The molecule has 1 heterocycles. The van der Waals surface area contributed by atoms with Gasteiger partial charge >= 0.3 is 0 Å². The molecule has 0 bridgehead atoms. The smallest absolute Gasteiger partial charge is 0.139 e. The van der Waals surface area contributed by atoms with E-state index in [1.165, 1.54) is 0 Å². The van der Waals surface area contributed by atoms with Gasteiger partial charge in [-0.05, 0) is 36.5 Å². The van der Waals surface area contributed by atoms with Crippen LogP contribution in [0.15, 0.2) is 29.4 Å². The first kappa shape index (κ1) is 15.1. The molecular formula is C14H19N3OSSi. The SMILES string of the molecule is C[Si](C)(C)CCOCn1ncc2ccc(N=C=S)cc21. The Bertz CT molecular complexity index is 641. The number of hydrogen-bond donors (Lipinski definition) is 0. The van der Waals surface area contributed by atoms with Crippen LogP contribution in [0.2, 0.25) is 25.7 Å². The second-order valence-electron chi connectivity index (χ2n) is 5.94. The molecule has 0 aliphatic carbocycles. The molecule has 0 radical (unpaired) electrons. The quantitative estimate of drug-likeness (QED) is 0.349. The Morgan fingerprint density at radius 2 is 2.20 bits per heavy atom. The summed E-state index contributed by atoms with van der Waals surface area (Å²) in [7, 11) is -1.04. The van der Waals surface area contributed by atoms with Crippen LogP contribution in [-0.4, -0.2) is 29.6 Å². The molecule has 0 atom stereocenters. The van der Waals surface area contributed by atoms with Gasteiger partial charge in [0.2, 0.25) is 0 Å². The van der Waals surface area contributed by atoms with Gasteiger partial charge in [0.1, 0.15) is 6.73 Å². The Morgan fingerprint density at radius 1 is 1.40 bits per heavy atom. The molecule has 20 heavy (non-hydrogen) atoms. The van der Waals surface area contributed by atoms with Crippen molar-refractivity contribution < 1.29 is 4.74 Å². The molecule has 0 unspecified atom stereocenters. The van der Waals surface area contributed by atoms with Crippen LogP contribution in [0.1, 0.15) is 0 Å². The lowest BCUT2D eigenvalue weighted by atomic mass is 10.2. The zero-order valence-electron chi connectivity index (χ0n) is 12.1. The van der Waals surface area contributed by atoms with Gasteiger partial charge in [0.25, 0.3) is 0 Å². The van der Waals surface area contributed by atoms with Crippen LogP contribution in [0, 0.1) is 0 Å². The summed E-state index contributed by atoms with van der Waals surface area (Å²) in [5.74, 6) is 0. The van der Waals surface area contributed by atoms with E-state index in [1.807, 2.05) is 29.1 Å². The second-order valence-corrected chi connectivity index (χ2v) is 11.7. The fourth-order valence-electron chi connectivity index (χ4n) is 1.81. The average Bonchev–Trinajstić information content (AvgIpc) is 2.77. The van der Waals surface area contributed by atoms with Gasteiger partial charge in [0, 0.05) is 20.1 Å². The number of fused-ring (bicyclic) bond motifs is 1. The molecule has 106 valence electrons. The highest BCUT2D eigenvalue weighted by Gasteiger charge is 2.12. The van der Waals surface area contributed by atoms with Gasteiger partial charge < -0.3 is 4.74 Å². The molecule has 0 fully saturated rings. The van der Waals surface area contributed by atoms with E-state index in [0.717, 1.165) is 29.2 Å². The van der Waals surface area contributed by atoms with Crippen LogP contribution >= 0.6 is 12.2 Å². The van der Waals surface area contributed by atoms with E-state index in [0.29, 0.717) is 6.73 Å². The van der Waals surface area contributed by atoms with Gasteiger partial charge in [-0.1, -0.05) is 19.6 Å². The fourth-order valence-corrected chi connectivity index (χ4v) is 2.68. The van der Waals surface area contributed by atoms with Crippen molar-refractivity contribution in [2.75, 3.05) is 6.61 Å². The van der Waals surface area contributed by atoms with Crippen molar-refractivity contribution in [2.45, 2.75) is 32.4 Å². The average molecular weight is 305 g/mol. The number of rotatable bonds is 6. The first-order valence-corrected chi connectivity index (χ1v) is 10.7. The van der Waals surface area contributed by atoms with Crippen LogP contribution in [-0.2, 0) is 11.5 Å². The molecule has 0 saturated heterocycles. The van der Waals surface area contributed by atoms with Crippen molar-refractivity contribution in [3.63, 3.8) is 0 Å². The third-order valence-electron chi connectivity index (χ3n) is 3.01. The number of hydrogen-bond acceptors (Lipinski definition) is 4. The monoisotopic (exact) mass is 305 g/mol. The number of aromatic nitrogens is 2. The molecule has 0 amide bonds. The van der Waals surface area contributed by atoms with Crippen molar-refractivity contribution in [1.29, 1.82) is 0 Å². The Labute approximate surface area is 125 Å². The third kappa shape index (κ3) is 4.08. The van der Waals surface area contributed by atoms with E-state index < -0.39 is 8.07 Å². The Morgan fingerprint density at radius 3 is 2.90 bits per heavy atom. The van der Waals surface area contributed by atoms with Crippen molar-refractivity contribution in [1.82, 2.24) is 9.78 Å². The first-order valence-electron chi connectivity index (χ1n) is 6.61. The zero-order valence-corrected chi connectivity index (χ0v) is 13.9. The highest BCUT2D eigenvalue weighted by atomic mass is 32.1. The molecule has 0 aliphatic rings. The molecule has 6 heteroatoms. The fraction of sp³-hybridized carbons (Fsp3) is 0.429. The van der Waals surface area contributed by atoms with E-state index in [9.17, 15) is 0 Å². The van der Waals surface area contributed by atoms with Crippen molar-refractivity contribution >= 4 is 42.0 Å². The maximum atomic E-state index is 5.73. The third-order valence-corrected chi connectivity index (χ3v) is 4.81. The molecule has 0 N–H and O–H groups in total. The molecule has 0 aliphatic heterocycles. The van der Waals surface area contributed by atoms with Gasteiger partial charge in [-0.15, -0.1) is 0 Å². The van der Waals surface area contributed by atoms with E-state index in [4.69, 9.17) is 4.74 Å². The molecule has 1 aromatic carbocycles. The van der Waals surface area contributed by atoms with Gasteiger partial charge in [-0.25, -0.2) is 4.68 Å². The first-order chi connectivity index (χ1) is 9.49. The van der Waals surface area contributed by atoms with Gasteiger partial charge in [-0.2, -0.15) is 10.1 Å². The maximum absolute atomic E-state index is 5.73. The molecule has 0 saturated carbocycles. The predicted molar refractivity (Wildman–Crippen MR) is 88.5 cm³/mol. The van der Waals surface area contributed by atoms with Crippen molar-refractivity contribution in [3.05, 3.63) is 24.4 Å². The number of nitrogens with zero attached hydrogens (tertiary/aromatic N) is 3. The second kappa shape index (κ2) is 6.41. The minimum Gasteiger partial charge on any atom is -0.360 e. The summed E-state index contributed by atoms with van der Waals surface area (Å²) < 4.78 is 7.58. The Kier molecular flexibility index (Phi) is 4.83. The molecule has 1 aromatic heterocycles. The van der Waals surface area contributed by atoms with Crippen LogP contribution in [0.3, 0.4) is 0 Å². The predicted octanol–water partition coefficient (Wildman–Crippen LogP) is 4.08. The number of ether oxygens (including phenoxy) is 1. The van der Waals surface area contributed by atoms with Crippen LogP contribution in [0.5, 0.6) is 0 Å². The molecule has 4 nitrogen and oxygen atoms in total. The standard InChI is InChI=1S/C14H19N3OSSi/c1-20(2,3)7-6-18-11-17-14-8-13(15-10-19)5-4-12(14)9-16-17/h4-5,8-9H,6-7,11H2,1-3H3. The van der Waals surface area contributed by atoms with E-state index in [2.05, 4.69) is 47.1 Å². The van der Waals surface area contributed by atoms with Gasteiger partial charge in [0.15, 0.2) is 0 Å². The summed E-state index contributed by atoms with van der Waals surface area (Å²) in [4.78, 5) is 3.99. The number of isothiocyanates is 1. The summed E-state index contributed by atoms with van der Waals surface area (Å²) in [5.41, 5.74) is 1.79. The lowest BCUT2D eigenvalue weighted by molar-refractivity contribution is 0.0817. The summed E-state index contributed by atoms with van der Waals surface area (Å²) in [6, 6.07) is 6.99. The summed E-state index contributed by atoms with van der Waals surface area (Å²) in [6.45, 7) is 8.29. The number of thiocarbonyl (C=S) groups is 1. The van der Waals surface area contributed by atoms with Crippen LogP contribution in [0.25, 0.3) is 10.9 Å². The van der Waals surface area contributed by atoms with Gasteiger partial charge in [-0.3, -0.25) is 0 Å². The minimum absolute atomic E-state index is 0.471. The highest BCUT2D eigenvalue weighted by molar-refractivity contribution is 7.78. The number of aliphatic imine (C=N–C) groups is 1. The zero-order chi connectivity index (χ0) is 14.6. The summed E-state index contributed by atoms with van der Waals surface area (Å²) >= 11 is 4.63. The van der Waals surface area contributed by atoms with E-state index in [1.54, 1.807) is 0 Å².